The maximum Gasteiger partial charge on any atom is 0.179 e. The Morgan fingerprint density at radius 2 is 2.13 bits per heavy atom. The van der Waals surface area contributed by atoms with E-state index in [1.165, 1.54) is 6.08 Å². The summed E-state index contributed by atoms with van der Waals surface area (Å²) in [7, 11) is 0. The Morgan fingerprint density at radius 3 is 2.93 bits per heavy atom. The van der Waals surface area contributed by atoms with Crippen LogP contribution in [0.2, 0.25) is 5.02 Å². The molecule has 0 amide bonds. The van der Waals surface area contributed by atoms with Gasteiger partial charge in [-0.1, -0.05) is 11.6 Å². The largest absolute Gasteiger partial charge is 0.486 e. The van der Waals surface area contributed by atoms with E-state index in [1.54, 1.807) is 18.2 Å². The Kier molecular flexibility index (Phi) is 2.79. The van der Waals surface area contributed by atoms with Crippen molar-refractivity contribution in [2.24, 2.45) is 0 Å². The van der Waals surface area contributed by atoms with E-state index in [1.807, 2.05) is 6.07 Å². The van der Waals surface area contributed by atoms with E-state index in [-0.39, 0.29) is 0 Å². The summed E-state index contributed by atoms with van der Waals surface area (Å²) < 4.78 is 10.8. The number of allylic oxidation sites excluding steroid dienone is 1. The van der Waals surface area contributed by atoms with Gasteiger partial charge in [0.25, 0.3) is 0 Å². The van der Waals surface area contributed by atoms with Crippen LogP contribution < -0.4 is 9.47 Å². The lowest BCUT2D eigenvalue weighted by Crippen LogP contribution is -2.15. The molecule has 1 heterocycles. The lowest BCUT2D eigenvalue weighted by molar-refractivity contribution is 0.171. The number of nitriles is 1. The molecule has 3 nitrogen and oxygen atoms in total. The summed E-state index contributed by atoms with van der Waals surface area (Å²) in [6.45, 7) is 1.04. The number of hydrogen-bond donors (Lipinski definition) is 0. The second kappa shape index (κ2) is 4.24. The molecule has 0 N–H and O–H groups in total. The highest BCUT2D eigenvalue weighted by Crippen LogP contribution is 2.38. The van der Waals surface area contributed by atoms with Crippen LogP contribution in [-0.2, 0) is 0 Å². The number of fused-ring (bicyclic) bond motifs is 1. The fraction of sp³-hybridized carbons (Fsp3) is 0.182. The van der Waals surface area contributed by atoms with Crippen LogP contribution in [-0.4, -0.2) is 13.2 Å². The van der Waals surface area contributed by atoms with Gasteiger partial charge in [0.2, 0.25) is 0 Å². The third-order valence-corrected chi connectivity index (χ3v) is 2.25. The van der Waals surface area contributed by atoms with E-state index in [2.05, 4.69) is 0 Å². The van der Waals surface area contributed by atoms with Crippen molar-refractivity contribution in [1.29, 1.82) is 5.26 Å². The Balaban J connectivity index is 2.41. The van der Waals surface area contributed by atoms with Gasteiger partial charge in [0.05, 0.1) is 11.1 Å². The Morgan fingerprint density at radius 1 is 1.33 bits per heavy atom. The number of hydrogen-bond acceptors (Lipinski definition) is 3. The quantitative estimate of drug-likeness (QED) is 0.685. The van der Waals surface area contributed by atoms with Gasteiger partial charge in [-0.2, -0.15) is 5.26 Å². The van der Waals surface area contributed by atoms with Gasteiger partial charge in [-0.25, -0.2) is 0 Å². The smallest absolute Gasteiger partial charge is 0.179 e. The van der Waals surface area contributed by atoms with Crippen LogP contribution in [0.5, 0.6) is 11.5 Å². The Labute approximate surface area is 92.5 Å². The zero-order chi connectivity index (χ0) is 10.7. The summed E-state index contributed by atoms with van der Waals surface area (Å²) in [6, 6.07) is 5.46. The Bertz CT molecular complexity index is 449. The summed E-state index contributed by atoms with van der Waals surface area (Å²) in [4.78, 5) is 0. The van der Waals surface area contributed by atoms with Gasteiger partial charge in [-0.3, -0.25) is 0 Å². The van der Waals surface area contributed by atoms with Crippen molar-refractivity contribution in [3.05, 3.63) is 28.8 Å². The highest BCUT2D eigenvalue weighted by molar-refractivity contribution is 6.32. The zero-order valence-corrected chi connectivity index (χ0v) is 8.62. The second-order valence-corrected chi connectivity index (χ2v) is 3.40. The zero-order valence-electron chi connectivity index (χ0n) is 7.87. The summed E-state index contributed by atoms with van der Waals surface area (Å²) in [5.41, 5.74) is 0.825. The molecule has 0 aliphatic carbocycles. The first kappa shape index (κ1) is 9.88. The summed E-state index contributed by atoms with van der Waals surface area (Å²) in [5.74, 6) is 1.21. The molecular weight excluding hydrogens is 214 g/mol. The van der Waals surface area contributed by atoms with Crippen molar-refractivity contribution >= 4 is 17.7 Å². The van der Waals surface area contributed by atoms with E-state index in [9.17, 15) is 0 Å². The van der Waals surface area contributed by atoms with E-state index in [0.29, 0.717) is 29.7 Å². The third-order valence-electron chi connectivity index (χ3n) is 1.97. The first-order valence-corrected chi connectivity index (χ1v) is 4.84. The highest BCUT2D eigenvalue weighted by atomic mass is 35.5. The molecule has 0 aromatic heterocycles. The third kappa shape index (κ3) is 2.05. The van der Waals surface area contributed by atoms with Crippen LogP contribution in [0, 0.1) is 11.3 Å². The van der Waals surface area contributed by atoms with E-state index < -0.39 is 0 Å². The lowest BCUT2D eigenvalue weighted by atomic mass is 10.2. The summed E-state index contributed by atoms with van der Waals surface area (Å²) in [5, 5.41) is 8.91. The molecule has 0 unspecified atom stereocenters. The molecule has 0 spiro atoms. The minimum absolute atomic E-state index is 0.504. The summed E-state index contributed by atoms with van der Waals surface area (Å²) >= 11 is 6.00. The molecular formula is C11H8ClNO2. The van der Waals surface area contributed by atoms with Crippen molar-refractivity contribution in [2.45, 2.75) is 0 Å². The monoisotopic (exact) mass is 221 g/mol. The molecule has 1 aromatic carbocycles. The fourth-order valence-electron chi connectivity index (χ4n) is 1.36. The molecule has 76 valence electrons. The maximum absolute atomic E-state index is 8.41. The van der Waals surface area contributed by atoms with Gasteiger partial charge >= 0.3 is 0 Å². The molecule has 0 radical (unpaired) electrons. The van der Waals surface area contributed by atoms with Crippen LogP contribution in [0.4, 0.5) is 0 Å². The van der Waals surface area contributed by atoms with Crippen molar-refractivity contribution < 1.29 is 9.47 Å². The van der Waals surface area contributed by atoms with E-state index >= 15 is 0 Å². The van der Waals surface area contributed by atoms with Gasteiger partial charge in [0.15, 0.2) is 11.5 Å². The van der Waals surface area contributed by atoms with Crippen molar-refractivity contribution in [3.8, 4) is 17.6 Å². The van der Waals surface area contributed by atoms with Crippen LogP contribution >= 0.6 is 11.6 Å². The summed E-state index contributed by atoms with van der Waals surface area (Å²) in [6.07, 6.45) is 3.06. The normalized spacial score (nSPS) is 13.9. The Hall–Kier alpha value is -1.66. The second-order valence-electron chi connectivity index (χ2n) is 2.99. The molecule has 0 fully saturated rings. The van der Waals surface area contributed by atoms with Gasteiger partial charge in [0, 0.05) is 6.08 Å². The van der Waals surface area contributed by atoms with Gasteiger partial charge in [0.1, 0.15) is 13.2 Å². The fourth-order valence-corrected chi connectivity index (χ4v) is 1.63. The molecule has 0 saturated carbocycles. The number of halogens is 1. The van der Waals surface area contributed by atoms with Crippen molar-refractivity contribution in [2.75, 3.05) is 13.2 Å². The highest BCUT2D eigenvalue weighted by Gasteiger charge is 2.15. The molecule has 0 atom stereocenters. The predicted molar refractivity (Wildman–Crippen MR) is 57.1 cm³/mol. The molecule has 4 heteroatoms. The van der Waals surface area contributed by atoms with Crippen molar-refractivity contribution in [3.63, 3.8) is 0 Å². The number of rotatable bonds is 1. The van der Waals surface area contributed by atoms with Crippen LogP contribution in [0.15, 0.2) is 18.2 Å². The van der Waals surface area contributed by atoms with Crippen LogP contribution in [0.3, 0.4) is 0 Å². The minimum atomic E-state index is 0.504. The first-order chi connectivity index (χ1) is 7.31. The first-order valence-electron chi connectivity index (χ1n) is 4.46. The van der Waals surface area contributed by atoms with Crippen LogP contribution in [0.25, 0.3) is 6.08 Å². The molecule has 2 rings (SSSR count). The average molecular weight is 222 g/mol. The van der Waals surface area contributed by atoms with E-state index in [4.69, 9.17) is 26.3 Å². The van der Waals surface area contributed by atoms with Gasteiger partial charge in [-0.15, -0.1) is 0 Å². The average Bonchev–Trinajstić information content (AvgIpc) is 2.26. The SMILES string of the molecule is N#CC=Cc1cc(Cl)c2c(c1)OCCO2. The number of nitrogens with zero attached hydrogens (tertiary/aromatic N) is 1. The topological polar surface area (TPSA) is 42.2 Å². The van der Waals surface area contributed by atoms with Crippen molar-refractivity contribution in [1.82, 2.24) is 0 Å². The van der Waals surface area contributed by atoms with E-state index in [0.717, 1.165) is 5.56 Å². The van der Waals surface area contributed by atoms with Gasteiger partial charge < -0.3 is 9.47 Å². The minimum Gasteiger partial charge on any atom is -0.486 e. The molecule has 1 aromatic rings. The lowest BCUT2D eigenvalue weighted by Gasteiger charge is -2.19. The van der Waals surface area contributed by atoms with Gasteiger partial charge in [-0.05, 0) is 23.8 Å². The molecule has 15 heavy (non-hydrogen) atoms. The number of benzene rings is 1. The number of ether oxygens (including phenoxy) is 2. The molecule has 1 aliphatic heterocycles. The molecule has 1 aliphatic rings. The molecule has 0 bridgehead atoms. The predicted octanol–water partition coefficient (Wildman–Crippen LogP) is 2.65. The maximum atomic E-state index is 8.41. The molecule has 0 saturated heterocycles. The van der Waals surface area contributed by atoms with Crippen LogP contribution in [0.1, 0.15) is 5.56 Å². The standard InChI is InChI=1S/C11H8ClNO2/c12-9-6-8(2-1-3-13)7-10-11(9)15-5-4-14-10/h1-2,6-7H,4-5H2.